The van der Waals surface area contributed by atoms with Gasteiger partial charge in [-0.15, -0.1) is 16.2 Å². The standard InChI is InChI=1S/C8H11ClN2O3S2/c1-5(2)8(12)10-11-16(13,14)7-4-3-6(9)15-7/h3-5,11H,1-2H3,(H,10,12). The average Bonchev–Trinajstić information content (AvgIpc) is 2.61. The molecule has 5 nitrogen and oxygen atoms in total. The van der Waals surface area contributed by atoms with Crippen LogP contribution in [-0.4, -0.2) is 14.3 Å². The molecule has 2 N–H and O–H groups in total. The summed E-state index contributed by atoms with van der Waals surface area (Å²) < 4.78 is 23.6. The molecule has 0 bridgehead atoms. The van der Waals surface area contributed by atoms with Crippen molar-refractivity contribution in [2.75, 3.05) is 0 Å². The number of hydrogen-bond donors (Lipinski definition) is 2. The maximum atomic E-state index is 11.6. The van der Waals surface area contributed by atoms with Gasteiger partial charge in [-0.25, -0.2) is 8.42 Å². The lowest BCUT2D eigenvalue weighted by Gasteiger charge is -2.08. The first-order chi connectivity index (χ1) is 7.33. The third-order valence-corrected chi connectivity index (χ3v) is 4.62. The quantitative estimate of drug-likeness (QED) is 0.819. The minimum absolute atomic E-state index is 0.0570. The Morgan fingerprint density at radius 3 is 2.50 bits per heavy atom. The monoisotopic (exact) mass is 282 g/mol. The molecule has 8 heteroatoms. The van der Waals surface area contributed by atoms with Gasteiger partial charge in [-0.05, 0) is 12.1 Å². The fourth-order valence-electron chi connectivity index (χ4n) is 0.754. The highest BCUT2D eigenvalue weighted by Gasteiger charge is 2.18. The van der Waals surface area contributed by atoms with Crippen LogP contribution in [0.3, 0.4) is 0 Å². The summed E-state index contributed by atoms with van der Waals surface area (Å²) >= 11 is 6.54. The molecule has 0 saturated carbocycles. The van der Waals surface area contributed by atoms with E-state index in [1.54, 1.807) is 13.8 Å². The first kappa shape index (κ1) is 13.4. The predicted molar refractivity (Wildman–Crippen MR) is 62.6 cm³/mol. The minimum Gasteiger partial charge on any atom is -0.277 e. The van der Waals surface area contributed by atoms with Crippen molar-refractivity contribution >= 4 is 38.9 Å². The number of hydrogen-bond acceptors (Lipinski definition) is 4. The Morgan fingerprint density at radius 1 is 1.44 bits per heavy atom. The van der Waals surface area contributed by atoms with Gasteiger partial charge in [0.2, 0.25) is 5.91 Å². The Kier molecular flexibility index (Phi) is 4.31. The summed E-state index contributed by atoms with van der Waals surface area (Å²) in [5.74, 6) is -0.694. The summed E-state index contributed by atoms with van der Waals surface area (Å²) in [5.41, 5.74) is 2.12. The zero-order valence-corrected chi connectivity index (χ0v) is 11.0. The van der Waals surface area contributed by atoms with Crippen LogP contribution in [0.1, 0.15) is 13.8 Å². The van der Waals surface area contributed by atoms with Crippen molar-refractivity contribution in [3.63, 3.8) is 0 Å². The van der Waals surface area contributed by atoms with Gasteiger partial charge >= 0.3 is 0 Å². The van der Waals surface area contributed by atoms with Gasteiger partial charge in [0.25, 0.3) is 10.0 Å². The van der Waals surface area contributed by atoms with Gasteiger partial charge in [0.1, 0.15) is 4.21 Å². The van der Waals surface area contributed by atoms with Crippen LogP contribution in [0.5, 0.6) is 0 Å². The maximum absolute atomic E-state index is 11.6. The van der Waals surface area contributed by atoms with Crippen molar-refractivity contribution in [1.29, 1.82) is 0 Å². The summed E-state index contributed by atoms with van der Waals surface area (Å²) in [5, 5.41) is 0. The Morgan fingerprint density at radius 2 is 2.06 bits per heavy atom. The van der Waals surface area contributed by atoms with Crippen molar-refractivity contribution in [1.82, 2.24) is 10.3 Å². The molecular formula is C8H11ClN2O3S2. The fourth-order valence-corrected chi connectivity index (χ4v) is 3.08. The highest BCUT2D eigenvalue weighted by atomic mass is 35.5. The highest BCUT2D eigenvalue weighted by molar-refractivity contribution is 7.91. The lowest BCUT2D eigenvalue weighted by atomic mass is 10.2. The molecule has 0 aliphatic heterocycles. The minimum atomic E-state index is -3.72. The number of thiophene rings is 1. The molecule has 0 aliphatic carbocycles. The second-order valence-corrected chi connectivity index (χ2v) is 6.93. The third kappa shape index (κ3) is 3.44. The molecule has 0 aromatic carbocycles. The molecule has 1 aromatic rings. The molecular weight excluding hydrogens is 272 g/mol. The Balaban J connectivity index is 2.70. The number of nitrogens with one attached hydrogen (secondary N) is 2. The van der Waals surface area contributed by atoms with Crippen molar-refractivity contribution in [3.8, 4) is 0 Å². The number of amides is 1. The molecule has 1 amide bonds. The molecule has 0 radical (unpaired) electrons. The van der Waals surface area contributed by atoms with Gasteiger partial charge in [-0.3, -0.25) is 10.2 Å². The smallest absolute Gasteiger partial charge is 0.266 e. The average molecular weight is 283 g/mol. The van der Waals surface area contributed by atoms with E-state index >= 15 is 0 Å². The van der Waals surface area contributed by atoms with Crippen LogP contribution >= 0.6 is 22.9 Å². The Labute approximate surface area is 103 Å². The molecule has 0 atom stereocenters. The molecule has 0 spiro atoms. The van der Waals surface area contributed by atoms with E-state index in [0.29, 0.717) is 4.34 Å². The number of hydrazine groups is 1. The summed E-state index contributed by atoms with van der Waals surface area (Å²) in [6.45, 7) is 3.32. The van der Waals surface area contributed by atoms with Crippen LogP contribution in [0, 0.1) is 5.92 Å². The second kappa shape index (κ2) is 5.13. The molecule has 0 aliphatic rings. The summed E-state index contributed by atoms with van der Waals surface area (Å²) in [6.07, 6.45) is 0. The number of halogens is 1. The van der Waals surface area contributed by atoms with Crippen LogP contribution < -0.4 is 10.3 Å². The van der Waals surface area contributed by atoms with Gasteiger partial charge in [-0.2, -0.15) is 0 Å². The number of sulfonamides is 1. The molecule has 0 saturated heterocycles. The molecule has 90 valence electrons. The largest absolute Gasteiger partial charge is 0.277 e. The number of rotatable bonds is 4. The topological polar surface area (TPSA) is 75.3 Å². The van der Waals surface area contributed by atoms with Crippen LogP contribution in [0.15, 0.2) is 16.3 Å². The lowest BCUT2D eigenvalue weighted by molar-refractivity contribution is -0.124. The van der Waals surface area contributed by atoms with E-state index in [-0.39, 0.29) is 10.1 Å². The van der Waals surface area contributed by atoms with E-state index in [4.69, 9.17) is 11.6 Å². The maximum Gasteiger partial charge on any atom is 0.266 e. The normalized spacial score (nSPS) is 11.8. The molecule has 1 aromatic heterocycles. The predicted octanol–water partition coefficient (Wildman–Crippen LogP) is 1.37. The molecule has 1 heterocycles. The summed E-state index contributed by atoms with van der Waals surface area (Å²) in [4.78, 5) is 13.2. The zero-order chi connectivity index (χ0) is 12.3. The van der Waals surface area contributed by atoms with Gasteiger partial charge in [0.05, 0.1) is 4.34 Å². The highest BCUT2D eigenvalue weighted by Crippen LogP contribution is 2.24. The second-order valence-electron chi connectivity index (χ2n) is 3.31. The van der Waals surface area contributed by atoms with Crippen LogP contribution in [0.2, 0.25) is 4.34 Å². The van der Waals surface area contributed by atoms with E-state index in [2.05, 4.69) is 5.43 Å². The molecule has 0 fully saturated rings. The van der Waals surface area contributed by atoms with Crippen molar-refractivity contribution < 1.29 is 13.2 Å². The molecule has 16 heavy (non-hydrogen) atoms. The van der Waals surface area contributed by atoms with Crippen molar-refractivity contribution in [3.05, 3.63) is 16.5 Å². The van der Waals surface area contributed by atoms with E-state index < -0.39 is 15.9 Å². The van der Waals surface area contributed by atoms with Gasteiger partial charge in [-0.1, -0.05) is 25.4 Å². The zero-order valence-electron chi connectivity index (χ0n) is 8.65. The van der Waals surface area contributed by atoms with E-state index in [1.807, 2.05) is 4.83 Å². The van der Waals surface area contributed by atoms with E-state index in [1.165, 1.54) is 12.1 Å². The van der Waals surface area contributed by atoms with Crippen molar-refractivity contribution in [2.45, 2.75) is 18.1 Å². The van der Waals surface area contributed by atoms with Gasteiger partial charge in [0, 0.05) is 5.92 Å². The SMILES string of the molecule is CC(C)C(=O)NNS(=O)(=O)c1ccc(Cl)s1. The van der Waals surface area contributed by atoms with Gasteiger partial charge < -0.3 is 0 Å². The fraction of sp³-hybridized carbons (Fsp3) is 0.375. The number of carbonyl (C=O) groups is 1. The molecule has 0 unspecified atom stereocenters. The Bertz CT molecular complexity index is 481. The lowest BCUT2D eigenvalue weighted by Crippen LogP contribution is -2.43. The van der Waals surface area contributed by atoms with Gasteiger partial charge in [0.15, 0.2) is 0 Å². The van der Waals surface area contributed by atoms with Crippen LogP contribution in [0.4, 0.5) is 0 Å². The van der Waals surface area contributed by atoms with Crippen molar-refractivity contribution in [2.24, 2.45) is 5.92 Å². The summed E-state index contributed by atoms with van der Waals surface area (Å²) in [6, 6.07) is 2.85. The van der Waals surface area contributed by atoms with Crippen LogP contribution in [0.25, 0.3) is 0 Å². The first-order valence-corrected chi connectivity index (χ1v) is 7.07. The third-order valence-electron chi connectivity index (χ3n) is 1.65. The first-order valence-electron chi connectivity index (χ1n) is 4.40. The molecule has 1 rings (SSSR count). The summed E-state index contributed by atoms with van der Waals surface area (Å²) in [7, 11) is -3.72. The number of carbonyl (C=O) groups excluding carboxylic acids is 1. The van der Waals surface area contributed by atoms with E-state index in [0.717, 1.165) is 11.3 Å². The van der Waals surface area contributed by atoms with E-state index in [9.17, 15) is 13.2 Å². The Hall–Kier alpha value is -0.630. The van der Waals surface area contributed by atoms with Crippen LogP contribution in [-0.2, 0) is 14.8 Å².